The first-order valence-corrected chi connectivity index (χ1v) is 8.33. The van der Waals surface area contributed by atoms with Gasteiger partial charge in [0.1, 0.15) is 5.82 Å². The number of benzene rings is 1. The van der Waals surface area contributed by atoms with Crippen LogP contribution >= 0.6 is 12.4 Å². The number of nitrogens with zero attached hydrogens (tertiary/aromatic N) is 2. The van der Waals surface area contributed by atoms with Crippen LogP contribution in [0.5, 0.6) is 0 Å². The molecule has 25 heavy (non-hydrogen) atoms. The van der Waals surface area contributed by atoms with Gasteiger partial charge in [0.2, 0.25) is 5.91 Å². The summed E-state index contributed by atoms with van der Waals surface area (Å²) < 4.78 is 14.6. The maximum Gasteiger partial charge on any atom is 0.227 e. The van der Waals surface area contributed by atoms with E-state index in [0.29, 0.717) is 19.5 Å². The Hall–Kier alpha value is -1.92. The number of carbonyl (C=O) groups excluding carboxylic acids is 1. The predicted molar refractivity (Wildman–Crippen MR) is 99.6 cm³/mol. The molecule has 0 saturated heterocycles. The van der Waals surface area contributed by atoms with Crippen molar-refractivity contribution in [2.24, 2.45) is 11.1 Å². The van der Waals surface area contributed by atoms with E-state index in [0.717, 1.165) is 24.2 Å². The zero-order chi connectivity index (χ0) is 17.6. The van der Waals surface area contributed by atoms with Crippen molar-refractivity contribution in [2.45, 2.75) is 33.1 Å². The molecule has 0 aliphatic rings. The third-order valence-electron chi connectivity index (χ3n) is 4.63. The van der Waals surface area contributed by atoms with Crippen molar-refractivity contribution in [1.29, 1.82) is 0 Å². The van der Waals surface area contributed by atoms with Gasteiger partial charge in [-0.3, -0.25) is 4.79 Å². The molecule has 5 nitrogen and oxygen atoms in total. The first kappa shape index (κ1) is 21.1. The zero-order valence-corrected chi connectivity index (χ0v) is 15.5. The predicted octanol–water partition coefficient (Wildman–Crippen LogP) is 2.86. The van der Waals surface area contributed by atoms with Crippen molar-refractivity contribution in [3.8, 4) is 5.69 Å². The van der Waals surface area contributed by atoms with Crippen LogP contribution in [0.15, 0.2) is 36.5 Å². The van der Waals surface area contributed by atoms with Crippen LogP contribution < -0.4 is 11.1 Å². The first-order chi connectivity index (χ1) is 11.5. The number of carbonyl (C=O) groups is 1. The van der Waals surface area contributed by atoms with E-state index in [2.05, 4.69) is 10.4 Å². The molecule has 2 aromatic rings. The number of nitrogens with two attached hydrogens (primary N) is 1. The minimum atomic E-state index is -0.479. The van der Waals surface area contributed by atoms with Crippen molar-refractivity contribution in [1.82, 2.24) is 15.1 Å². The van der Waals surface area contributed by atoms with E-state index in [9.17, 15) is 9.18 Å². The normalized spacial score (nSPS) is 11.0. The van der Waals surface area contributed by atoms with Crippen molar-refractivity contribution < 1.29 is 9.18 Å². The third-order valence-corrected chi connectivity index (χ3v) is 4.63. The lowest BCUT2D eigenvalue weighted by Gasteiger charge is -2.28. The van der Waals surface area contributed by atoms with Gasteiger partial charge in [-0.25, -0.2) is 9.07 Å². The first-order valence-electron chi connectivity index (χ1n) is 8.33. The lowest BCUT2D eigenvalue weighted by atomic mass is 9.81. The van der Waals surface area contributed by atoms with Crippen molar-refractivity contribution in [2.75, 3.05) is 13.1 Å². The summed E-state index contributed by atoms with van der Waals surface area (Å²) in [5.41, 5.74) is 6.97. The fourth-order valence-electron chi connectivity index (χ4n) is 2.68. The van der Waals surface area contributed by atoms with Gasteiger partial charge in [-0.2, -0.15) is 5.10 Å². The Balaban J connectivity index is 0.00000312. The fraction of sp³-hybridized carbons (Fsp3) is 0.444. The van der Waals surface area contributed by atoms with Gasteiger partial charge in [0.25, 0.3) is 0 Å². The fourth-order valence-corrected chi connectivity index (χ4v) is 2.68. The quantitative estimate of drug-likeness (QED) is 0.752. The SMILES string of the molecule is CCC(CC)(CN)C(=O)NCCc1ccn(-c2ccc(F)cc2)n1.Cl. The van der Waals surface area contributed by atoms with E-state index < -0.39 is 5.41 Å². The molecular formula is C18H26ClFN4O. The second-order valence-electron chi connectivity index (χ2n) is 5.93. The summed E-state index contributed by atoms with van der Waals surface area (Å²) in [4.78, 5) is 12.4. The molecule has 0 spiro atoms. The molecule has 1 heterocycles. The number of nitrogens with one attached hydrogen (secondary N) is 1. The van der Waals surface area contributed by atoms with Crippen LogP contribution in [0.4, 0.5) is 4.39 Å². The van der Waals surface area contributed by atoms with E-state index in [1.54, 1.807) is 16.8 Å². The highest BCUT2D eigenvalue weighted by atomic mass is 35.5. The maximum absolute atomic E-state index is 13.0. The van der Waals surface area contributed by atoms with Crippen LogP contribution in [0.1, 0.15) is 32.4 Å². The summed E-state index contributed by atoms with van der Waals surface area (Å²) in [5, 5.41) is 7.41. The number of halogens is 2. The summed E-state index contributed by atoms with van der Waals surface area (Å²) in [6.07, 6.45) is 3.91. The van der Waals surface area contributed by atoms with Crippen LogP contribution in [0.2, 0.25) is 0 Å². The molecule has 0 atom stereocenters. The average Bonchev–Trinajstić information content (AvgIpc) is 3.06. The smallest absolute Gasteiger partial charge is 0.227 e. The van der Waals surface area contributed by atoms with Gasteiger partial charge in [-0.1, -0.05) is 13.8 Å². The molecule has 0 saturated carbocycles. The summed E-state index contributed by atoms with van der Waals surface area (Å²) >= 11 is 0. The van der Waals surface area contributed by atoms with Gasteiger partial charge in [0.05, 0.1) is 16.8 Å². The molecule has 1 aromatic heterocycles. The van der Waals surface area contributed by atoms with Crippen molar-refractivity contribution in [3.05, 3.63) is 48.0 Å². The summed E-state index contributed by atoms with van der Waals surface area (Å²) in [6, 6.07) is 8.04. The molecule has 1 aromatic carbocycles. The van der Waals surface area contributed by atoms with Crippen LogP contribution in [-0.4, -0.2) is 28.8 Å². The van der Waals surface area contributed by atoms with E-state index in [1.807, 2.05) is 26.1 Å². The number of rotatable bonds is 8. The second kappa shape index (κ2) is 9.53. The van der Waals surface area contributed by atoms with E-state index in [4.69, 9.17) is 5.73 Å². The zero-order valence-electron chi connectivity index (χ0n) is 14.7. The Kier molecular flexibility index (Phi) is 8.06. The summed E-state index contributed by atoms with van der Waals surface area (Å²) in [6.45, 7) is 4.84. The highest BCUT2D eigenvalue weighted by Crippen LogP contribution is 2.24. The Morgan fingerprint density at radius 1 is 1.24 bits per heavy atom. The third kappa shape index (κ3) is 5.03. The van der Waals surface area contributed by atoms with E-state index in [-0.39, 0.29) is 24.1 Å². The molecule has 0 bridgehead atoms. The molecule has 0 radical (unpaired) electrons. The molecule has 3 N–H and O–H groups in total. The van der Waals surface area contributed by atoms with Crippen molar-refractivity contribution in [3.63, 3.8) is 0 Å². The van der Waals surface area contributed by atoms with Gasteiger partial charge in [0.15, 0.2) is 0 Å². The van der Waals surface area contributed by atoms with E-state index >= 15 is 0 Å². The average molecular weight is 369 g/mol. The largest absolute Gasteiger partial charge is 0.355 e. The monoisotopic (exact) mass is 368 g/mol. The Labute approximate surface area is 154 Å². The Morgan fingerprint density at radius 3 is 2.44 bits per heavy atom. The van der Waals surface area contributed by atoms with Gasteiger partial charge in [-0.15, -0.1) is 12.4 Å². The molecule has 7 heteroatoms. The molecule has 0 aliphatic heterocycles. The van der Waals surface area contributed by atoms with E-state index in [1.165, 1.54) is 12.1 Å². The number of hydrogen-bond donors (Lipinski definition) is 2. The topological polar surface area (TPSA) is 72.9 Å². The molecular weight excluding hydrogens is 343 g/mol. The maximum atomic E-state index is 13.0. The highest BCUT2D eigenvalue weighted by molar-refractivity contribution is 5.85. The lowest BCUT2D eigenvalue weighted by Crippen LogP contribution is -2.45. The van der Waals surface area contributed by atoms with Gasteiger partial charge < -0.3 is 11.1 Å². The number of hydrogen-bond acceptors (Lipinski definition) is 3. The molecule has 0 aliphatic carbocycles. The highest BCUT2D eigenvalue weighted by Gasteiger charge is 2.32. The number of aromatic nitrogens is 2. The Bertz CT molecular complexity index is 660. The van der Waals surface area contributed by atoms with Gasteiger partial charge >= 0.3 is 0 Å². The molecule has 138 valence electrons. The lowest BCUT2D eigenvalue weighted by molar-refractivity contribution is -0.131. The summed E-state index contributed by atoms with van der Waals surface area (Å²) in [5.74, 6) is -0.267. The van der Waals surface area contributed by atoms with Crippen LogP contribution in [0.3, 0.4) is 0 Å². The molecule has 1 amide bonds. The molecule has 2 rings (SSSR count). The minimum Gasteiger partial charge on any atom is -0.355 e. The van der Waals surface area contributed by atoms with Gasteiger partial charge in [-0.05, 0) is 43.2 Å². The second-order valence-corrected chi connectivity index (χ2v) is 5.93. The standard InChI is InChI=1S/C18H25FN4O.ClH/c1-3-18(4-2,13-20)17(24)21-11-9-15-10-12-23(22-15)16-7-5-14(19)6-8-16;/h5-8,10,12H,3-4,9,11,13,20H2,1-2H3,(H,21,24);1H. The van der Waals surface area contributed by atoms with Crippen molar-refractivity contribution >= 4 is 18.3 Å². The van der Waals surface area contributed by atoms with Crippen LogP contribution in [0, 0.1) is 11.2 Å². The Morgan fingerprint density at radius 2 is 1.88 bits per heavy atom. The van der Waals surface area contributed by atoms with Crippen LogP contribution in [-0.2, 0) is 11.2 Å². The summed E-state index contributed by atoms with van der Waals surface area (Å²) in [7, 11) is 0. The van der Waals surface area contributed by atoms with Crippen LogP contribution in [0.25, 0.3) is 5.69 Å². The number of amides is 1. The molecule has 0 unspecified atom stereocenters. The van der Waals surface area contributed by atoms with Gasteiger partial charge in [0, 0.05) is 25.7 Å². The molecule has 0 fully saturated rings. The minimum absolute atomic E-state index is 0.